The molecule has 0 bridgehead atoms. The largest absolute Gasteiger partial charge is 0.477 e. The number of aryl methyl sites for hydroxylation is 1. The maximum atomic E-state index is 12.9. The highest BCUT2D eigenvalue weighted by molar-refractivity contribution is 7.14. The molecule has 2 heterocycles. The summed E-state index contributed by atoms with van der Waals surface area (Å²) in [5.41, 5.74) is 3.01. The molecule has 0 aromatic carbocycles. The predicted molar refractivity (Wildman–Crippen MR) is 129 cm³/mol. The number of hydrogen-bond donors (Lipinski definition) is 3. The van der Waals surface area contributed by atoms with Crippen molar-refractivity contribution in [3.05, 3.63) is 32.4 Å². The lowest BCUT2D eigenvalue weighted by atomic mass is 9.90. The molecule has 1 aromatic rings. The highest BCUT2D eigenvalue weighted by Gasteiger charge is 2.31. The topological polar surface area (TPSA) is 104 Å². The summed E-state index contributed by atoms with van der Waals surface area (Å²) in [5, 5.41) is 17.4. The molecule has 0 fully saturated rings. The van der Waals surface area contributed by atoms with E-state index in [-0.39, 0.29) is 22.9 Å². The summed E-state index contributed by atoms with van der Waals surface area (Å²) in [5.74, 6) is -1.13. The van der Waals surface area contributed by atoms with Crippen molar-refractivity contribution < 1.29 is 14.7 Å². The average molecular weight is 479 g/mol. The number of nitrogens with zero attached hydrogens (tertiary/aromatic N) is 2. The maximum absolute atomic E-state index is 12.9. The predicted octanol–water partition coefficient (Wildman–Crippen LogP) is 4.66. The van der Waals surface area contributed by atoms with E-state index in [0.29, 0.717) is 35.4 Å². The van der Waals surface area contributed by atoms with Gasteiger partial charge in [-0.25, -0.2) is 14.8 Å². The van der Waals surface area contributed by atoms with Crippen molar-refractivity contribution in [2.24, 2.45) is 4.99 Å². The van der Waals surface area contributed by atoms with Gasteiger partial charge in [0, 0.05) is 24.5 Å². The van der Waals surface area contributed by atoms with E-state index in [1.807, 2.05) is 6.92 Å². The third kappa shape index (κ3) is 5.47. The first-order valence-corrected chi connectivity index (χ1v) is 12.4. The van der Waals surface area contributed by atoms with Crippen molar-refractivity contribution in [3.63, 3.8) is 0 Å². The number of thiazole rings is 1. The Morgan fingerprint density at radius 1 is 1.31 bits per heavy atom. The number of hydrogen-bond acceptors (Lipinski definition) is 6. The van der Waals surface area contributed by atoms with E-state index in [4.69, 9.17) is 11.6 Å². The Kier molecular flexibility index (Phi) is 8.25. The molecule has 9 heteroatoms. The van der Waals surface area contributed by atoms with Gasteiger partial charge in [0.25, 0.3) is 5.91 Å². The van der Waals surface area contributed by atoms with Gasteiger partial charge in [-0.2, -0.15) is 0 Å². The highest BCUT2D eigenvalue weighted by Crippen LogP contribution is 2.32. The summed E-state index contributed by atoms with van der Waals surface area (Å²) in [6.07, 6.45) is 6.77. The van der Waals surface area contributed by atoms with E-state index in [1.54, 1.807) is 6.92 Å². The number of carboxylic acid groups (broad SMARTS) is 1. The molecule has 0 unspecified atom stereocenters. The van der Waals surface area contributed by atoms with Gasteiger partial charge in [-0.05, 0) is 50.2 Å². The molecule has 3 rings (SSSR count). The molecule has 7 nitrogen and oxygen atoms in total. The quantitative estimate of drug-likeness (QED) is 0.447. The maximum Gasteiger partial charge on any atom is 0.347 e. The van der Waals surface area contributed by atoms with Gasteiger partial charge in [-0.15, -0.1) is 11.3 Å². The van der Waals surface area contributed by atoms with Crippen molar-refractivity contribution in [2.45, 2.75) is 84.3 Å². The van der Waals surface area contributed by atoms with E-state index in [9.17, 15) is 14.7 Å². The molecule has 1 amide bonds. The van der Waals surface area contributed by atoms with E-state index in [0.717, 1.165) is 41.8 Å². The number of halogens is 1. The normalized spacial score (nSPS) is 21.1. The fraction of sp³-hybridized carbons (Fsp3) is 0.565. The van der Waals surface area contributed by atoms with Gasteiger partial charge in [0.05, 0.1) is 5.69 Å². The van der Waals surface area contributed by atoms with Crippen LogP contribution in [-0.2, 0) is 4.79 Å². The zero-order chi connectivity index (χ0) is 23.4. The first-order chi connectivity index (χ1) is 15.3. The summed E-state index contributed by atoms with van der Waals surface area (Å²) in [4.78, 5) is 33.4. The number of carboxylic acids is 1. The molecule has 0 radical (unpaired) electrons. The molecular weight excluding hydrogens is 448 g/mol. The summed E-state index contributed by atoms with van der Waals surface area (Å²) < 4.78 is 0. The lowest BCUT2D eigenvalue weighted by Crippen LogP contribution is -2.54. The van der Waals surface area contributed by atoms with Gasteiger partial charge < -0.3 is 15.7 Å². The van der Waals surface area contributed by atoms with Crippen molar-refractivity contribution in [3.8, 4) is 0 Å². The Morgan fingerprint density at radius 2 is 2.03 bits per heavy atom. The summed E-state index contributed by atoms with van der Waals surface area (Å²) >= 11 is 7.37. The second-order valence-electron chi connectivity index (χ2n) is 8.24. The third-order valence-corrected chi connectivity index (χ3v) is 7.70. The Bertz CT molecular complexity index is 978. The lowest BCUT2D eigenvalue weighted by Gasteiger charge is -2.34. The smallest absolute Gasteiger partial charge is 0.347 e. The lowest BCUT2D eigenvalue weighted by molar-refractivity contribution is -0.115. The number of carbonyl (C=O) groups excluding carboxylic acids is 1. The van der Waals surface area contributed by atoms with Crippen LogP contribution in [0.1, 0.15) is 79.7 Å². The molecule has 2 aliphatic rings. The van der Waals surface area contributed by atoms with Crippen molar-refractivity contribution in [2.75, 3.05) is 0 Å². The fourth-order valence-corrected chi connectivity index (χ4v) is 5.37. The van der Waals surface area contributed by atoms with Crippen molar-refractivity contribution in [1.29, 1.82) is 0 Å². The number of nitrogens with one attached hydrogen (secondary N) is 2. The van der Waals surface area contributed by atoms with Crippen LogP contribution in [0.2, 0.25) is 0 Å². The minimum absolute atomic E-state index is 0.0823. The van der Waals surface area contributed by atoms with E-state index >= 15 is 0 Å². The first-order valence-electron chi connectivity index (χ1n) is 11.2. The molecule has 1 aromatic heterocycles. The molecular formula is C23H31ClN4O3S. The highest BCUT2D eigenvalue weighted by atomic mass is 35.5. The molecule has 0 spiro atoms. The van der Waals surface area contributed by atoms with Gasteiger partial charge in [-0.3, -0.25) is 4.79 Å². The Balaban J connectivity index is 1.81. The van der Waals surface area contributed by atoms with Gasteiger partial charge in [0.15, 0.2) is 0 Å². The van der Waals surface area contributed by atoms with Gasteiger partial charge in [-0.1, -0.05) is 38.4 Å². The molecule has 174 valence electrons. The summed E-state index contributed by atoms with van der Waals surface area (Å²) in [6, 6.07) is 0.134. The number of aromatic nitrogens is 1. The first kappa shape index (κ1) is 24.6. The van der Waals surface area contributed by atoms with E-state index in [2.05, 4.69) is 40.5 Å². The summed E-state index contributed by atoms with van der Waals surface area (Å²) in [7, 11) is 0. The minimum Gasteiger partial charge on any atom is -0.477 e. The molecule has 0 saturated heterocycles. The van der Waals surface area contributed by atoms with Crippen LogP contribution >= 0.6 is 22.9 Å². The number of rotatable bonds is 9. The number of allylic oxidation sites excluding steroid dienone is 2. The van der Waals surface area contributed by atoms with Crippen LogP contribution < -0.4 is 10.6 Å². The van der Waals surface area contributed by atoms with Crippen LogP contribution in [0.3, 0.4) is 0 Å². The molecule has 1 aliphatic heterocycles. The Labute approximate surface area is 198 Å². The van der Waals surface area contributed by atoms with Crippen LogP contribution in [0.25, 0.3) is 5.57 Å². The van der Waals surface area contributed by atoms with E-state index in [1.165, 1.54) is 11.3 Å². The zero-order valence-corrected chi connectivity index (χ0v) is 20.6. The molecule has 32 heavy (non-hydrogen) atoms. The zero-order valence-electron chi connectivity index (χ0n) is 19.0. The van der Waals surface area contributed by atoms with Crippen LogP contribution in [-0.4, -0.2) is 45.8 Å². The third-order valence-electron chi connectivity index (χ3n) is 6.13. The monoisotopic (exact) mass is 478 g/mol. The van der Waals surface area contributed by atoms with E-state index < -0.39 is 5.97 Å². The van der Waals surface area contributed by atoms with Gasteiger partial charge in [0.1, 0.15) is 20.8 Å². The van der Waals surface area contributed by atoms with Crippen LogP contribution in [0, 0.1) is 6.92 Å². The molecule has 1 aliphatic carbocycles. The number of amides is 1. The van der Waals surface area contributed by atoms with Gasteiger partial charge >= 0.3 is 5.97 Å². The van der Waals surface area contributed by atoms with Gasteiger partial charge in [0.2, 0.25) is 0 Å². The number of aliphatic imine (C=N–C) groups is 1. The molecule has 0 saturated carbocycles. The molecule has 3 N–H and O–H groups in total. The Morgan fingerprint density at radius 3 is 2.59 bits per heavy atom. The minimum atomic E-state index is -0.949. The van der Waals surface area contributed by atoms with Crippen molar-refractivity contribution in [1.82, 2.24) is 15.6 Å². The average Bonchev–Trinajstić information content (AvgIpc) is 3.35. The fourth-order valence-electron chi connectivity index (χ4n) is 4.11. The SMILES string of the molecule is CCC1=C(Cl)N=C(C(=O)N[C@@H]2CCC(c3nc(C)c(C(=O)O)s3)=C[C@@H]2NC(CC)CC)C1. The summed E-state index contributed by atoms with van der Waals surface area (Å²) in [6.45, 7) is 8.01. The molecule has 2 atom stereocenters. The van der Waals surface area contributed by atoms with Crippen LogP contribution in [0.5, 0.6) is 0 Å². The number of carbonyl (C=O) groups is 2. The standard InChI is InChI=1S/C23H31ClN4O3S/c1-5-13-10-18(27-20(13)24)21(29)28-16-9-8-14(11-17(16)26-15(6-2)7-3)22-25-12(4)19(32-22)23(30)31/h11,15-17,26H,5-10H2,1-4H3,(H,28,29)(H,30,31)/t16-,17+/m1/s1. The second-order valence-corrected chi connectivity index (χ2v) is 9.60. The Hall–Kier alpha value is -2.03. The second kappa shape index (κ2) is 10.7. The number of aromatic carboxylic acids is 1. The van der Waals surface area contributed by atoms with Crippen LogP contribution in [0.15, 0.2) is 21.8 Å². The van der Waals surface area contributed by atoms with Crippen LogP contribution in [0.4, 0.5) is 0 Å². The van der Waals surface area contributed by atoms with Crippen molar-refractivity contribution >= 4 is 46.1 Å².